The zero-order valence-electron chi connectivity index (χ0n) is 12.0. The molecule has 1 saturated heterocycles. The quantitative estimate of drug-likeness (QED) is 0.763. The van der Waals surface area contributed by atoms with Crippen molar-refractivity contribution in [2.24, 2.45) is 0 Å². The van der Waals surface area contributed by atoms with Gasteiger partial charge in [0, 0.05) is 26.1 Å². The van der Waals surface area contributed by atoms with E-state index in [9.17, 15) is 14.7 Å². The SMILES string of the molecule is Cc1cnc(C(C)NC(=O)NC2(C(=O)O)CCOCC2)o1. The van der Waals surface area contributed by atoms with Crippen LogP contribution in [0.4, 0.5) is 4.79 Å². The largest absolute Gasteiger partial charge is 0.480 e. The van der Waals surface area contributed by atoms with Gasteiger partial charge in [0.2, 0.25) is 5.89 Å². The number of hydrogen-bond acceptors (Lipinski definition) is 5. The summed E-state index contributed by atoms with van der Waals surface area (Å²) >= 11 is 0. The third-order valence-corrected chi connectivity index (χ3v) is 3.47. The second-order valence-corrected chi connectivity index (χ2v) is 5.13. The minimum atomic E-state index is -1.28. The number of rotatable bonds is 4. The Balaban J connectivity index is 1.98. The Hall–Kier alpha value is -2.09. The van der Waals surface area contributed by atoms with E-state index in [1.165, 1.54) is 0 Å². The number of aromatic nitrogens is 1. The molecule has 1 aromatic rings. The van der Waals surface area contributed by atoms with Crippen LogP contribution in [0.15, 0.2) is 10.6 Å². The molecule has 8 nitrogen and oxygen atoms in total. The highest BCUT2D eigenvalue weighted by molar-refractivity contribution is 5.86. The lowest BCUT2D eigenvalue weighted by Crippen LogP contribution is -2.59. The number of ether oxygens (including phenoxy) is 1. The number of aliphatic carboxylic acids is 1. The number of urea groups is 1. The number of nitrogens with one attached hydrogen (secondary N) is 2. The first-order chi connectivity index (χ1) is 9.93. The van der Waals surface area contributed by atoms with Crippen molar-refractivity contribution in [3.05, 3.63) is 17.8 Å². The number of carbonyl (C=O) groups is 2. The Labute approximate surface area is 121 Å². The number of amides is 2. The van der Waals surface area contributed by atoms with Crippen LogP contribution in [-0.4, -0.2) is 40.8 Å². The number of hydrogen-bond donors (Lipinski definition) is 3. The summed E-state index contributed by atoms with van der Waals surface area (Å²) in [6, 6.07) is -1.02. The molecule has 1 aromatic heterocycles. The molecule has 1 fully saturated rings. The van der Waals surface area contributed by atoms with Crippen LogP contribution >= 0.6 is 0 Å². The van der Waals surface area contributed by atoms with Crippen LogP contribution in [0.5, 0.6) is 0 Å². The Bertz CT molecular complexity index is 522. The molecule has 0 saturated carbocycles. The highest BCUT2D eigenvalue weighted by Gasteiger charge is 2.41. The third kappa shape index (κ3) is 3.52. The predicted molar refractivity (Wildman–Crippen MR) is 71.7 cm³/mol. The summed E-state index contributed by atoms with van der Waals surface area (Å²) in [5.74, 6) is -0.0370. The van der Waals surface area contributed by atoms with Gasteiger partial charge in [0.25, 0.3) is 0 Å². The maximum atomic E-state index is 12.0. The van der Waals surface area contributed by atoms with E-state index in [2.05, 4.69) is 15.6 Å². The predicted octanol–water partition coefficient (Wildman–Crippen LogP) is 0.977. The number of carboxylic acid groups (broad SMARTS) is 1. The highest BCUT2D eigenvalue weighted by atomic mass is 16.5. The first kappa shape index (κ1) is 15.3. The molecule has 116 valence electrons. The van der Waals surface area contributed by atoms with Gasteiger partial charge in [-0.3, -0.25) is 0 Å². The summed E-state index contributed by atoms with van der Waals surface area (Å²) in [4.78, 5) is 27.5. The molecule has 21 heavy (non-hydrogen) atoms. The average molecular weight is 297 g/mol. The van der Waals surface area contributed by atoms with Gasteiger partial charge in [-0.25, -0.2) is 14.6 Å². The first-order valence-corrected chi connectivity index (χ1v) is 6.75. The average Bonchev–Trinajstić information content (AvgIpc) is 2.86. The van der Waals surface area contributed by atoms with Crippen molar-refractivity contribution in [2.75, 3.05) is 13.2 Å². The second kappa shape index (κ2) is 6.13. The number of oxazole rings is 1. The van der Waals surface area contributed by atoms with Crippen molar-refractivity contribution in [2.45, 2.75) is 38.3 Å². The maximum absolute atomic E-state index is 12.0. The molecule has 0 aliphatic carbocycles. The van der Waals surface area contributed by atoms with Crippen LogP contribution in [0.25, 0.3) is 0 Å². The smallest absolute Gasteiger partial charge is 0.329 e. The minimum absolute atomic E-state index is 0.238. The summed E-state index contributed by atoms with van der Waals surface area (Å²) in [6.07, 6.45) is 2.03. The molecule has 1 aliphatic rings. The van der Waals surface area contributed by atoms with Gasteiger partial charge in [0.05, 0.1) is 6.20 Å². The monoisotopic (exact) mass is 297 g/mol. The van der Waals surface area contributed by atoms with E-state index in [1.807, 2.05) is 0 Å². The van der Waals surface area contributed by atoms with Crippen molar-refractivity contribution in [3.63, 3.8) is 0 Å². The summed E-state index contributed by atoms with van der Waals surface area (Å²) in [5.41, 5.74) is -1.28. The molecule has 1 aliphatic heterocycles. The Morgan fingerprint density at radius 2 is 2.10 bits per heavy atom. The molecule has 0 spiro atoms. The van der Waals surface area contributed by atoms with Gasteiger partial charge >= 0.3 is 12.0 Å². The molecule has 1 unspecified atom stereocenters. The van der Waals surface area contributed by atoms with E-state index in [0.29, 0.717) is 24.9 Å². The fraction of sp³-hybridized carbons (Fsp3) is 0.615. The molecule has 2 heterocycles. The van der Waals surface area contributed by atoms with Crippen LogP contribution in [0, 0.1) is 6.92 Å². The van der Waals surface area contributed by atoms with Crippen molar-refractivity contribution >= 4 is 12.0 Å². The molecular weight excluding hydrogens is 278 g/mol. The molecule has 0 bridgehead atoms. The third-order valence-electron chi connectivity index (χ3n) is 3.47. The van der Waals surface area contributed by atoms with Gasteiger partial charge < -0.3 is 24.9 Å². The Morgan fingerprint density at radius 3 is 2.62 bits per heavy atom. The first-order valence-electron chi connectivity index (χ1n) is 6.75. The number of carbonyl (C=O) groups excluding carboxylic acids is 1. The van der Waals surface area contributed by atoms with Crippen molar-refractivity contribution in [1.82, 2.24) is 15.6 Å². The van der Waals surface area contributed by atoms with Gasteiger partial charge in [0.15, 0.2) is 0 Å². The summed E-state index contributed by atoms with van der Waals surface area (Å²) in [5, 5.41) is 14.5. The van der Waals surface area contributed by atoms with Gasteiger partial charge in [-0.15, -0.1) is 0 Å². The van der Waals surface area contributed by atoms with E-state index in [4.69, 9.17) is 9.15 Å². The van der Waals surface area contributed by atoms with E-state index in [0.717, 1.165) is 0 Å². The Morgan fingerprint density at radius 1 is 1.43 bits per heavy atom. The molecule has 1 atom stereocenters. The van der Waals surface area contributed by atoms with Crippen LogP contribution in [0.2, 0.25) is 0 Å². The van der Waals surface area contributed by atoms with Gasteiger partial charge in [-0.2, -0.15) is 0 Å². The molecular formula is C13H19N3O5. The lowest BCUT2D eigenvalue weighted by molar-refractivity contribution is -0.148. The molecule has 0 aromatic carbocycles. The van der Waals surface area contributed by atoms with E-state index < -0.39 is 23.6 Å². The Kier molecular flexibility index (Phi) is 4.46. The van der Waals surface area contributed by atoms with E-state index in [-0.39, 0.29) is 12.8 Å². The molecule has 2 rings (SSSR count). The minimum Gasteiger partial charge on any atom is -0.480 e. The normalized spacial score (nSPS) is 18.8. The lowest BCUT2D eigenvalue weighted by atomic mass is 9.90. The highest BCUT2D eigenvalue weighted by Crippen LogP contribution is 2.21. The van der Waals surface area contributed by atoms with Crippen LogP contribution in [0.1, 0.15) is 37.5 Å². The fourth-order valence-corrected chi connectivity index (χ4v) is 2.20. The van der Waals surface area contributed by atoms with Gasteiger partial charge in [-0.1, -0.05) is 0 Å². The standard InChI is InChI=1S/C13H19N3O5/c1-8-7-14-10(21-8)9(2)15-12(19)16-13(11(17)18)3-5-20-6-4-13/h7,9H,3-6H2,1-2H3,(H,17,18)(H2,15,16,19). The van der Waals surface area contributed by atoms with Crippen LogP contribution in [0.3, 0.4) is 0 Å². The van der Waals surface area contributed by atoms with E-state index in [1.54, 1.807) is 20.0 Å². The lowest BCUT2D eigenvalue weighted by Gasteiger charge is -2.34. The zero-order chi connectivity index (χ0) is 15.5. The van der Waals surface area contributed by atoms with Crippen LogP contribution < -0.4 is 10.6 Å². The summed E-state index contributed by atoms with van der Waals surface area (Å²) < 4.78 is 10.5. The summed E-state index contributed by atoms with van der Waals surface area (Å²) in [6.45, 7) is 4.08. The molecule has 0 radical (unpaired) electrons. The number of nitrogens with zero attached hydrogens (tertiary/aromatic N) is 1. The number of aryl methyl sites for hydroxylation is 1. The second-order valence-electron chi connectivity index (χ2n) is 5.13. The van der Waals surface area contributed by atoms with Crippen LogP contribution in [-0.2, 0) is 9.53 Å². The van der Waals surface area contributed by atoms with Crippen molar-refractivity contribution in [3.8, 4) is 0 Å². The van der Waals surface area contributed by atoms with E-state index >= 15 is 0 Å². The number of carboxylic acids is 1. The van der Waals surface area contributed by atoms with Gasteiger partial charge in [0.1, 0.15) is 17.3 Å². The summed E-state index contributed by atoms with van der Waals surface area (Å²) in [7, 11) is 0. The molecule has 2 amide bonds. The maximum Gasteiger partial charge on any atom is 0.329 e. The van der Waals surface area contributed by atoms with Crippen molar-refractivity contribution in [1.29, 1.82) is 0 Å². The fourth-order valence-electron chi connectivity index (χ4n) is 2.20. The topological polar surface area (TPSA) is 114 Å². The zero-order valence-corrected chi connectivity index (χ0v) is 12.0. The molecule has 3 N–H and O–H groups in total. The van der Waals surface area contributed by atoms with Gasteiger partial charge in [-0.05, 0) is 13.8 Å². The van der Waals surface area contributed by atoms with Crippen molar-refractivity contribution < 1.29 is 23.8 Å². The molecule has 8 heteroatoms.